The summed E-state index contributed by atoms with van der Waals surface area (Å²) in [7, 11) is 1.78. The Labute approximate surface area is 146 Å². The van der Waals surface area contributed by atoms with E-state index in [1.165, 1.54) is 12.8 Å². The molecule has 6 heteroatoms. The van der Waals surface area contributed by atoms with Gasteiger partial charge in [0.15, 0.2) is 5.82 Å². The number of benzene rings is 1. The predicted octanol–water partition coefficient (Wildman–Crippen LogP) is 3.41. The Morgan fingerprint density at radius 3 is 2.96 bits per heavy atom. The largest absolute Gasteiger partial charge is 0.361 e. The van der Waals surface area contributed by atoms with E-state index in [4.69, 9.17) is 4.52 Å². The Hall–Kier alpha value is -2.63. The van der Waals surface area contributed by atoms with Crippen LogP contribution in [0.1, 0.15) is 48.9 Å². The predicted molar refractivity (Wildman–Crippen MR) is 94.0 cm³/mol. The molecule has 1 N–H and O–H groups in total. The molecule has 1 aliphatic rings. The van der Waals surface area contributed by atoms with E-state index >= 15 is 0 Å². The lowest BCUT2D eigenvalue weighted by Gasteiger charge is -2.14. The quantitative estimate of drug-likeness (QED) is 0.773. The van der Waals surface area contributed by atoms with E-state index < -0.39 is 0 Å². The first-order chi connectivity index (χ1) is 12.2. The molecule has 0 atom stereocenters. The number of nitrogens with zero attached hydrogens (tertiary/aromatic N) is 3. The second kappa shape index (κ2) is 6.70. The summed E-state index contributed by atoms with van der Waals surface area (Å²) in [5.74, 6) is 1.74. The highest BCUT2D eigenvalue weighted by atomic mass is 16.5. The number of rotatable bonds is 5. The molecule has 1 saturated carbocycles. The number of para-hydroxylation sites is 1. The van der Waals surface area contributed by atoms with Crippen LogP contribution in [0.5, 0.6) is 0 Å². The number of amides is 1. The van der Waals surface area contributed by atoms with Crippen LogP contribution in [-0.4, -0.2) is 33.0 Å². The minimum Gasteiger partial charge on any atom is -0.361 e. The van der Waals surface area contributed by atoms with E-state index in [1.54, 1.807) is 11.9 Å². The number of nitrogens with one attached hydrogen (secondary N) is 1. The molecule has 0 unspecified atom stereocenters. The summed E-state index contributed by atoms with van der Waals surface area (Å²) in [4.78, 5) is 21.9. The van der Waals surface area contributed by atoms with E-state index in [0.717, 1.165) is 35.2 Å². The van der Waals surface area contributed by atoms with Crippen molar-refractivity contribution in [3.05, 3.63) is 47.7 Å². The van der Waals surface area contributed by atoms with E-state index in [0.29, 0.717) is 24.7 Å². The molecular formula is C19H22N4O2. The molecule has 25 heavy (non-hydrogen) atoms. The van der Waals surface area contributed by atoms with Crippen molar-refractivity contribution in [3.63, 3.8) is 0 Å². The van der Waals surface area contributed by atoms with Gasteiger partial charge in [-0.25, -0.2) is 0 Å². The van der Waals surface area contributed by atoms with Gasteiger partial charge >= 0.3 is 0 Å². The Bertz CT molecular complexity index is 876. The summed E-state index contributed by atoms with van der Waals surface area (Å²) < 4.78 is 5.39. The molecule has 6 nitrogen and oxygen atoms in total. The van der Waals surface area contributed by atoms with Crippen LogP contribution >= 0.6 is 0 Å². The first-order valence-corrected chi connectivity index (χ1v) is 8.82. The fourth-order valence-electron chi connectivity index (χ4n) is 3.55. The van der Waals surface area contributed by atoms with Gasteiger partial charge < -0.3 is 14.4 Å². The van der Waals surface area contributed by atoms with Gasteiger partial charge in [0, 0.05) is 30.1 Å². The van der Waals surface area contributed by atoms with E-state index in [9.17, 15) is 4.79 Å². The van der Waals surface area contributed by atoms with Crippen LogP contribution in [0.25, 0.3) is 10.9 Å². The molecule has 2 aromatic heterocycles. The number of carbonyl (C=O) groups is 1. The molecule has 0 radical (unpaired) electrons. The molecule has 1 fully saturated rings. The molecule has 1 aliphatic carbocycles. The third-order valence-corrected chi connectivity index (χ3v) is 5.01. The van der Waals surface area contributed by atoms with Gasteiger partial charge in [-0.3, -0.25) is 4.79 Å². The summed E-state index contributed by atoms with van der Waals surface area (Å²) in [6.07, 6.45) is 6.96. The number of aromatic nitrogens is 3. The smallest absolute Gasteiger partial charge is 0.229 e. The van der Waals surface area contributed by atoms with Crippen molar-refractivity contribution in [1.29, 1.82) is 0 Å². The number of hydrogen-bond acceptors (Lipinski definition) is 4. The van der Waals surface area contributed by atoms with Crippen LogP contribution in [0, 0.1) is 0 Å². The molecule has 1 aromatic carbocycles. The zero-order valence-corrected chi connectivity index (χ0v) is 14.4. The van der Waals surface area contributed by atoms with Gasteiger partial charge in [-0.15, -0.1) is 0 Å². The average molecular weight is 338 g/mol. The highest BCUT2D eigenvalue weighted by Gasteiger charge is 2.23. The van der Waals surface area contributed by atoms with Crippen LogP contribution in [0.15, 0.2) is 35.0 Å². The van der Waals surface area contributed by atoms with Gasteiger partial charge in [-0.1, -0.05) is 36.2 Å². The summed E-state index contributed by atoms with van der Waals surface area (Å²) in [5.41, 5.74) is 2.06. The maximum Gasteiger partial charge on any atom is 0.229 e. The average Bonchev–Trinajstić information content (AvgIpc) is 3.35. The van der Waals surface area contributed by atoms with E-state index in [1.807, 2.05) is 30.5 Å². The fraction of sp³-hybridized carbons (Fsp3) is 0.421. The van der Waals surface area contributed by atoms with E-state index in [2.05, 4.69) is 15.1 Å². The summed E-state index contributed by atoms with van der Waals surface area (Å²) in [6, 6.07) is 8.00. The number of H-pyrrole nitrogens is 1. The monoisotopic (exact) mass is 338 g/mol. The highest BCUT2D eigenvalue weighted by Crippen LogP contribution is 2.32. The van der Waals surface area contributed by atoms with Crippen molar-refractivity contribution in [2.24, 2.45) is 0 Å². The highest BCUT2D eigenvalue weighted by molar-refractivity contribution is 5.88. The van der Waals surface area contributed by atoms with Gasteiger partial charge in [-0.2, -0.15) is 4.98 Å². The summed E-state index contributed by atoms with van der Waals surface area (Å²) in [5, 5.41) is 5.13. The lowest BCUT2D eigenvalue weighted by atomic mass is 10.1. The third kappa shape index (κ3) is 3.29. The van der Waals surface area contributed by atoms with Crippen LogP contribution < -0.4 is 0 Å². The Kier molecular flexibility index (Phi) is 4.26. The maximum atomic E-state index is 12.5. The van der Waals surface area contributed by atoms with Gasteiger partial charge in [-0.05, 0) is 24.5 Å². The van der Waals surface area contributed by atoms with Crippen molar-refractivity contribution in [3.8, 4) is 0 Å². The normalized spacial score (nSPS) is 15.1. The first-order valence-electron chi connectivity index (χ1n) is 8.82. The SMILES string of the molecule is CN(Cc1noc(C2CCCC2)n1)C(=O)Cc1c[nH]c2ccccc12. The van der Waals surface area contributed by atoms with Gasteiger partial charge in [0.2, 0.25) is 11.8 Å². The minimum absolute atomic E-state index is 0.0389. The van der Waals surface area contributed by atoms with Crippen molar-refractivity contribution in [2.75, 3.05) is 7.05 Å². The Balaban J connectivity index is 1.40. The Morgan fingerprint density at radius 1 is 1.32 bits per heavy atom. The van der Waals surface area contributed by atoms with Crippen LogP contribution in [0.3, 0.4) is 0 Å². The molecule has 0 saturated heterocycles. The number of carbonyl (C=O) groups excluding carboxylic acids is 1. The minimum atomic E-state index is 0.0389. The second-order valence-corrected chi connectivity index (χ2v) is 6.82. The van der Waals surface area contributed by atoms with Crippen molar-refractivity contribution >= 4 is 16.8 Å². The molecule has 0 aliphatic heterocycles. The molecule has 3 aromatic rings. The number of fused-ring (bicyclic) bond motifs is 1. The summed E-state index contributed by atoms with van der Waals surface area (Å²) >= 11 is 0. The lowest BCUT2D eigenvalue weighted by molar-refractivity contribution is -0.129. The summed E-state index contributed by atoms with van der Waals surface area (Å²) in [6.45, 7) is 0.372. The number of hydrogen-bond donors (Lipinski definition) is 1. The number of likely N-dealkylation sites (N-methyl/N-ethyl adjacent to an activating group) is 1. The van der Waals surface area contributed by atoms with E-state index in [-0.39, 0.29) is 5.91 Å². The third-order valence-electron chi connectivity index (χ3n) is 5.01. The standard InChI is InChI=1S/C19H22N4O2/c1-23(12-17-21-19(25-22-17)13-6-2-3-7-13)18(24)10-14-11-20-16-9-5-4-8-15(14)16/h4-5,8-9,11,13,20H,2-3,6-7,10,12H2,1H3. The molecule has 2 heterocycles. The van der Waals surface area contributed by atoms with Crippen molar-refractivity contribution in [1.82, 2.24) is 20.0 Å². The van der Waals surface area contributed by atoms with Crippen LogP contribution in [0.2, 0.25) is 0 Å². The molecule has 4 rings (SSSR count). The van der Waals surface area contributed by atoms with Gasteiger partial charge in [0.1, 0.15) is 0 Å². The first kappa shape index (κ1) is 15.9. The second-order valence-electron chi connectivity index (χ2n) is 6.82. The zero-order valence-electron chi connectivity index (χ0n) is 14.4. The molecule has 0 bridgehead atoms. The number of aromatic amines is 1. The topological polar surface area (TPSA) is 75.0 Å². The van der Waals surface area contributed by atoms with Gasteiger partial charge in [0.05, 0.1) is 13.0 Å². The maximum absolute atomic E-state index is 12.5. The molecule has 1 amide bonds. The molecular weight excluding hydrogens is 316 g/mol. The fourth-order valence-corrected chi connectivity index (χ4v) is 3.55. The van der Waals surface area contributed by atoms with Gasteiger partial charge in [0.25, 0.3) is 0 Å². The Morgan fingerprint density at radius 2 is 2.12 bits per heavy atom. The van der Waals surface area contributed by atoms with Crippen molar-refractivity contribution < 1.29 is 9.32 Å². The lowest BCUT2D eigenvalue weighted by Crippen LogP contribution is -2.28. The van der Waals surface area contributed by atoms with Crippen molar-refractivity contribution in [2.45, 2.75) is 44.6 Å². The molecule has 0 spiro atoms. The zero-order chi connectivity index (χ0) is 17.2. The van der Waals surface area contributed by atoms with Crippen LogP contribution in [0.4, 0.5) is 0 Å². The molecule has 130 valence electrons. The van der Waals surface area contributed by atoms with Crippen LogP contribution in [-0.2, 0) is 17.8 Å².